The molecule has 3 aromatic rings. The van der Waals surface area contributed by atoms with Gasteiger partial charge in [-0.1, -0.05) is 25.1 Å². The number of rotatable bonds is 9. The van der Waals surface area contributed by atoms with E-state index in [0.29, 0.717) is 29.3 Å². The second kappa shape index (κ2) is 10.4. The maximum atomic E-state index is 12.8. The van der Waals surface area contributed by atoms with Crippen LogP contribution in [0.3, 0.4) is 0 Å². The van der Waals surface area contributed by atoms with Crippen LogP contribution in [0.15, 0.2) is 71.6 Å². The minimum Gasteiger partial charge on any atom is -0.497 e. The number of hydrogen-bond donors (Lipinski definition) is 2. The number of benzene rings is 3. The molecule has 0 bridgehead atoms. The maximum absolute atomic E-state index is 12.8. The summed E-state index contributed by atoms with van der Waals surface area (Å²) >= 11 is 0. The first-order valence-electron chi connectivity index (χ1n) is 10.5. The molecule has 1 amide bonds. The smallest absolute Gasteiger partial charge is 0.265 e. The average molecular weight is 469 g/mol. The van der Waals surface area contributed by atoms with Crippen LogP contribution >= 0.6 is 0 Å². The number of anilines is 2. The molecule has 0 fully saturated rings. The second-order valence-electron chi connectivity index (χ2n) is 7.58. The van der Waals surface area contributed by atoms with Crippen molar-refractivity contribution >= 4 is 27.3 Å². The number of carbonyl (C=O) groups is 1. The molecule has 0 saturated carbocycles. The summed E-state index contributed by atoms with van der Waals surface area (Å²) in [6.07, 6.45) is -0.239. The van der Waals surface area contributed by atoms with Crippen LogP contribution in [0.4, 0.5) is 11.4 Å². The molecule has 3 aromatic carbocycles. The van der Waals surface area contributed by atoms with Gasteiger partial charge in [-0.05, 0) is 79.9 Å². The summed E-state index contributed by atoms with van der Waals surface area (Å²) in [5, 5.41) is 2.78. The number of para-hydroxylation sites is 1. The molecule has 0 aliphatic carbocycles. The quantitative estimate of drug-likeness (QED) is 0.465. The zero-order chi connectivity index (χ0) is 24.0. The van der Waals surface area contributed by atoms with Gasteiger partial charge in [0.05, 0.1) is 17.7 Å². The summed E-state index contributed by atoms with van der Waals surface area (Å²) < 4.78 is 39.2. The summed E-state index contributed by atoms with van der Waals surface area (Å²) in [5.74, 6) is 0.927. The van der Waals surface area contributed by atoms with E-state index < -0.39 is 16.1 Å². The first-order valence-corrected chi connectivity index (χ1v) is 12.0. The largest absolute Gasteiger partial charge is 0.497 e. The fourth-order valence-electron chi connectivity index (χ4n) is 3.25. The van der Waals surface area contributed by atoms with Crippen LogP contribution in [-0.2, 0) is 14.8 Å². The number of carbonyl (C=O) groups excluding carboxylic acids is 1. The second-order valence-corrected chi connectivity index (χ2v) is 9.26. The third kappa shape index (κ3) is 6.04. The van der Waals surface area contributed by atoms with E-state index in [1.807, 2.05) is 39.0 Å². The van der Waals surface area contributed by atoms with Crippen molar-refractivity contribution in [3.05, 3.63) is 77.9 Å². The number of hydrogen-bond acceptors (Lipinski definition) is 5. The minimum atomic E-state index is -3.77. The molecule has 0 aliphatic rings. The van der Waals surface area contributed by atoms with Gasteiger partial charge in [0.25, 0.3) is 15.9 Å². The lowest BCUT2D eigenvalue weighted by atomic mass is 10.1. The van der Waals surface area contributed by atoms with Crippen molar-refractivity contribution in [1.82, 2.24) is 0 Å². The van der Waals surface area contributed by atoms with E-state index in [2.05, 4.69) is 10.0 Å². The minimum absolute atomic E-state index is 0.102. The molecule has 2 N–H and O–H groups in total. The molecule has 174 valence electrons. The lowest BCUT2D eigenvalue weighted by Crippen LogP contribution is -2.32. The van der Waals surface area contributed by atoms with E-state index in [4.69, 9.17) is 9.47 Å². The Morgan fingerprint density at radius 2 is 1.48 bits per heavy atom. The highest BCUT2D eigenvalue weighted by molar-refractivity contribution is 7.92. The van der Waals surface area contributed by atoms with Crippen LogP contribution < -0.4 is 19.5 Å². The Hall–Kier alpha value is -3.52. The average Bonchev–Trinajstić information content (AvgIpc) is 2.80. The van der Waals surface area contributed by atoms with Crippen LogP contribution in [0.1, 0.15) is 24.5 Å². The number of aryl methyl sites for hydroxylation is 2. The maximum Gasteiger partial charge on any atom is 0.265 e. The highest BCUT2D eigenvalue weighted by atomic mass is 32.2. The molecule has 0 aromatic heterocycles. The topological polar surface area (TPSA) is 93.7 Å². The highest BCUT2D eigenvalue weighted by Gasteiger charge is 2.20. The van der Waals surface area contributed by atoms with E-state index in [0.717, 1.165) is 11.1 Å². The fourth-order valence-corrected chi connectivity index (χ4v) is 4.45. The highest BCUT2D eigenvalue weighted by Crippen LogP contribution is 2.24. The van der Waals surface area contributed by atoms with E-state index in [1.165, 1.54) is 12.1 Å². The molecular formula is C25H28N2O5S. The number of methoxy groups -OCH3 is 1. The third-order valence-electron chi connectivity index (χ3n) is 5.15. The fraction of sp³-hybridized carbons (Fsp3) is 0.240. The molecule has 0 aliphatic heterocycles. The van der Waals surface area contributed by atoms with Gasteiger partial charge in [-0.2, -0.15) is 0 Å². The first-order chi connectivity index (χ1) is 15.7. The number of sulfonamides is 1. The van der Waals surface area contributed by atoms with Crippen LogP contribution in [0.25, 0.3) is 0 Å². The molecule has 0 unspecified atom stereocenters. The summed E-state index contributed by atoms with van der Waals surface area (Å²) in [6.45, 7) is 5.55. The van der Waals surface area contributed by atoms with Crippen molar-refractivity contribution in [3.8, 4) is 11.5 Å². The van der Waals surface area contributed by atoms with Gasteiger partial charge in [-0.15, -0.1) is 0 Å². The van der Waals surface area contributed by atoms with Crippen molar-refractivity contribution < 1.29 is 22.7 Å². The molecule has 0 radical (unpaired) electrons. The molecule has 8 heteroatoms. The van der Waals surface area contributed by atoms with Gasteiger partial charge in [-0.25, -0.2) is 8.42 Å². The molecule has 7 nitrogen and oxygen atoms in total. The van der Waals surface area contributed by atoms with Gasteiger partial charge in [-0.3, -0.25) is 9.52 Å². The Morgan fingerprint density at radius 1 is 0.909 bits per heavy atom. The van der Waals surface area contributed by atoms with Crippen molar-refractivity contribution in [2.45, 2.75) is 38.2 Å². The zero-order valence-corrected chi connectivity index (χ0v) is 19.9. The number of ether oxygens (including phenoxy) is 2. The van der Waals surface area contributed by atoms with Crippen LogP contribution in [0.2, 0.25) is 0 Å². The van der Waals surface area contributed by atoms with Crippen LogP contribution in [0, 0.1) is 13.8 Å². The Kier molecular flexibility index (Phi) is 7.60. The summed E-state index contributed by atoms with van der Waals surface area (Å²) in [5.41, 5.74) is 2.72. The Morgan fingerprint density at radius 3 is 2.03 bits per heavy atom. The SMILES string of the molecule is CC[C@H](Oc1ccc(OC)cc1)C(=O)Nc1ccc(S(=O)(=O)Nc2c(C)cccc2C)cc1. The number of nitrogens with one attached hydrogen (secondary N) is 2. The monoisotopic (exact) mass is 468 g/mol. The van der Waals surface area contributed by atoms with Crippen molar-refractivity contribution in [3.63, 3.8) is 0 Å². The molecule has 1 atom stereocenters. The van der Waals surface area contributed by atoms with Gasteiger partial charge in [0.1, 0.15) is 11.5 Å². The molecule has 33 heavy (non-hydrogen) atoms. The van der Waals surface area contributed by atoms with Gasteiger partial charge in [0, 0.05) is 5.69 Å². The molecule has 0 spiro atoms. The van der Waals surface area contributed by atoms with E-state index in [1.54, 1.807) is 43.5 Å². The molecule has 0 saturated heterocycles. The first kappa shape index (κ1) is 24.1. The van der Waals surface area contributed by atoms with E-state index in [-0.39, 0.29) is 10.8 Å². The Bertz CT molecular complexity index is 1190. The van der Waals surface area contributed by atoms with Crippen molar-refractivity contribution in [2.24, 2.45) is 0 Å². The predicted octanol–water partition coefficient (Wildman–Crippen LogP) is 4.91. The standard InChI is InChI=1S/C25H28N2O5S/c1-5-23(32-21-13-11-20(31-4)12-14-21)25(28)26-19-9-15-22(16-10-19)33(29,30)27-24-17(2)7-6-8-18(24)3/h6-16,23,27H,5H2,1-4H3,(H,26,28)/t23-/m0/s1. The van der Waals surface area contributed by atoms with Gasteiger partial charge in [0.15, 0.2) is 6.10 Å². The summed E-state index contributed by atoms with van der Waals surface area (Å²) in [7, 11) is -2.19. The normalized spacial score (nSPS) is 12.0. The Labute approximate surface area is 194 Å². The van der Waals surface area contributed by atoms with Crippen molar-refractivity contribution in [2.75, 3.05) is 17.1 Å². The predicted molar refractivity (Wildman–Crippen MR) is 129 cm³/mol. The Balaban J connectivity index is 1.67. The summed E-state index contributed by atoms with van der Waals surface area (Å²) in [4.78, 5) is 12.8. The van der Waals surface area contributed by atoms with Gasteiger partial charge in [0.2, 0.25) is 0 Å². The van der Waals surface area contributed by atoms with Gasteiger partial charge >= 0.3 is 0 Å². The van der Waals surface area contributed by atoms with E-state index >= 15 is 0 Å². The lowest BCUT2D eigenvalue weighted by Gasteiger charge is -2.18. The van der Waals surface area contributed by atoms with Crippen LogP contribution in [-0.4, -0.2) is 27.5 Å². The molecule has 3 rings (SSSR count). The molecule has 0 heterocycles. The number of amides is 1. The zero-order valence-electron chi connectivity index (χ0n) is 19.1. The third-order valence-corrected chi connectivity index (χ3v) is 6.52. The molecular weight excluding hydrogens is 440 g/mol. The van der Waals surface area contributed by atoms with Gasteiger partial charge < -0.3 is 14.8 Å². The summed E-state index contributed by atoms with van der Waals surface area (Å²) in [6, 6.07) is 18.6. The lowest BCUT2D eigenvalue weighted by molar-refractivity contribution is -0.122. The van der Waals surface area contributed by atoms with Crippen LogP contribution in [0.5, 0.6) is 11.5 Å². The van der Waals surface area contributed by atoms with E-state index in [9.17, 15) is 13.2 Å². The van der Waals surface area contributed by atoms with Crippen molar-refractivity contribution in [1.29, 1.82) is 0 Å².